The fraction of sp³-hybridized carbons (Fsp3) is 0.235. The fourth-order valence-corrected chi connectivity index (χ4v) is 3.88. The predicted molar refractivity (Wildman–Crippen MR) is 105 cm³/mol. The molecule has 0 aliphatic heterocycles. The van der Waals surface area contributed by atoms with Crippen molar-refractivity contribution in [3.63, 3.8) is 0 Å². The van der Waals surface area contributed by atoms with Crippen molar-refractivity contribution >= 4 is 56.3 Å². The second-order valence-corrected chi connectivity index (χ2v) is 7.68. The number of amides is 1. The average molecular weight is 387 g/mol. The Morgan fingerprint density at radius 3 is 2.85 bits per heavy atom. The molecular weight excluding hydrogens is 370 g/mol. The van der Waals surface area contributed by atoms with Gasteiger partial charge in [0.25, 0.3) is 5.13 Å². The minimum absolute atomic E-state index is 0.115. The number of aromatic hydroxyl groups is 1. The number of nitrogens with zero attached hydrogens (tertiary/aromatic N) is 4. The first-order chi connectivity index (χ1) is 12.6. The van der Waals surface area contributed by atoms with Gasteiger partial charge in [-0.1, -0.05) is 49.1 Å². The summed E-state index contributed by atoms with van der Waals surface area (Å²) in [4.78, 5) is 11.8. The number of phenolic OH excluding ortho intramolecular Hbond substituents is 1. The van der Waals surface area contributed by atoms with Crippen LogP contribution in [0.5, 0.6) is 5.75 Å². The highest BCUT2D eigenvalue weighted by molar-refractivity contribution is 8.01. The molecule has 0 radical (unpaired) electrons. The molecule has 1 amide bonds. The highest BCUT2D eigenvalue weighted by atomic mass is 32.2. The Bertz CT molecular complexity index is 971. The maximum absolute atomic E-state index is 11.8. The quantitative estimate of drug-likeness (QED) is 0.443. The third-order valence-corrected chi connectivity index (χ3v) is 5.32. The normalized spacial score (nSPS) is 11.3. The van der Waals surface area contributed by atoms with Crippen LogP contribution in [0.15, 0.2) is 44.9 Å². The zero-order valence-electron chi connectivity index (χ0n) is 14.3. The zero-order chi connectivity index (χ0) is 18.5. The van der Waals surface area contributed by atoms with Crippen molar-refractivity contribution in [2.75, 3.05) is 11.1 Å². The number of aromatic nitrogens is 2. The average Bonchev–Trinajstić information content (AvgIpc) is 3.09. The van der Waals surface area contributed by atoms with Crippen molar-refractivity contribution in [2.45, 2.75) is 24.6 Å². The van der Waals surface area contributed by atoms with Crippen LogP contribution in [0.4, 0.5) is 16.5 Å². The van der Waals surface area contributed by atoms with Gasteiger partial charge in [-0.15, -0.1) is 20.4 Å². The summed E-state index contributed by atoms with van der Waals surface area (Å²) in [7, 11) is 0. The molecule has 2 N–H and O–H groups in total. The molecule has 0 spiro atoms. The molecule has 1 heterocycles. The van der Waals surface area contributed by atoms with E-state index in [9.17, 15) is 9.90 Å². The summed E-state index contributed by atoms with van der Waals surface area (Å²) in [5.74, 6) is 0.910. The first-order valence-corrected chi connectivity index (χ1v) is 9.85. The monoisotopic (exact) mass is 387 g/mol. The number of hydrogen-bond donors (Lipinski definition) is 2. The van der Waals surface area contributed by atoms with E-state index < -0.39 is 0 Å². The number of hydrogen-bond acceptors (Lipinski definition) is 8. The summed E-state index contributed by atoms with van der Waals surface area (Å²) in [5, 5.41) is 31.1. The molecule has 2 aromatic carbocycles. The maximum atomic E-state index is 11.8. The number of thioether (sulfide) groups is 1. The van der Waals surface area contributed by atoms with E-state index in [0.717, 1.165) is 10.1 Å². The number of anilines is 1. The third-order valence-electron chi connectivity index (χ3n) is 3.50. The molecule has 0 aliphatic carbocycles. The molecule has 0 bridgehead atoms. The number of phenols is 1. The van der Waals surface area contributed by atoms with Crippen molar-refractivity contribution < 1.29 is 9.90 Å². The fourth-order valence-electron chi connectivity index (χ4n) is 2.32. The van der Waals surface area contributed by atoms with E-state index in [0.29, 0.717) is 33.7 Å². The van der Waals surface area contributed by atoms with Gasteiger partial charge in [0.15, 0.2) is 4.34 Å². The molecule has 134 valence electrons. The van der Waals surface area contributed by atoms with Crippen molar-refractivity contribution in [1.82, 2.24) is 10.2 Å². The van der Waals surface area contributed by atoms with E-state index in [4.69, 9.17) is 0 Å². The Morgan fingerprint density at radius 2 is 2.08 bits per heavy atom. The number of carbonyl (C=O) groups is 1. The minimum atomic E-state index is -0.117. The van der Waals surface area contributed by atoms with Crippen LogP contribution in [-0.2, 0) is 4.79 Å². The topological polar surface area (TPSA) is 99.8 Å². The van der Waals surface area contributed by atoms with Crippen LogP contribution < -0.4 is 5.32 Å². The molecule has 3 rings (SSSR count). The highest BCUT2D eigenvalue weighted by Crippen LogP contribution is 2.38. The van der Waals surface area contributed by atoms with Gasteiger partial charge in [0, 0.05) is 17.2 Å². The van der Waals surface area contributed by atoms with Crippen LogP contribution in [0.25, 0.3) is 10.8 Å². The minimum Gasteiger partial charge on any atom is -0.507 e. The number of azo groups is 1. The Balaban J connectivity index is 2.02. The van der Waals surface area contributed by atoms with E-state index in [1.165, 1.54) is 11.3 Å². The number of rotatable bonds is 6. The van der Waals surface area contributed by atoms with Gasteiger partial charge in [-0.25, -0.2) is 0 Å². The van der Waals surface area contributed by atoms with Crippen LogP contribution in [-0.4, -0.2) is 27.0 Å². The standard InChI is InChI=1S/C17H17N5O2S2/c1-3-14(24)18-11-7-5-6-10-13(23)9-8-12(15(10)11)19-20-16-21-22-17(26-16)25-4-2/h5-9,23H,3-4H2,1-2H3,(H,18,24)/b20-19+. The van der Waals surface area contributed by atoms with Crippen molar-refractivity contribution in [1.29, 1.82) is 0 Å². The first-order valence-electron chi connectivity index (χ1n) is 8.05. The Labute approximate surface area is 158 Å². The van der Waals surface area contributed by atoms with Gasteiger partial charge in [0.1, 0.15) is 5.75 Å². The second kappa shape index (κ2) is 8.24. The summed E-state index contributed by atoms with van der Waals surface area (Å²) in [5.41, 5.74) is 1.11. The number of fused-ring (bicyclic) bond motifs is 1. The summed E-state index contributed by atoms with van der Waals surface area (Å²) >= 11 is 2.96. The summed E-state index contributed by atoms with van der Waals surface area (Å²) in [6.45, 7) is 3.82. The number of carbonyl (C=O) groups excluding carboxylic acids is 1. The van der Waals surface area contributed by atoms with Crippen LogP contribution in [0, 0.1) is 0 Å². The molecule has 3 aromatic rings. The molecule has 9 heteroatoms. The van der Waals surface area contributed by atoms with Gasteiger partial charge in [-0.2, -0.15) is 0 Å². The molecule has 26 heavy (non-hydrogen) atoms. The van der Waals surface area contributed by atoms with E-state index in [2.05, 4.69) is 25.7 Å². The van der Waals surface area contributed by atoms with Crippen molar-refractivity contribution in [3.05, 3.63) is 30.3 Å². The van der Waals surface area contributed by atoms with Crippen LogP contribution in [0.1, 0.15) is 20.3 Å². The van der Waals surface area contributed by atoms with Crippen LogP contribution in [0.3, 0.4) is 0 Å². The largest absolute Gasteiger partial charge is 0.507 e. The van der Waals surface area contributed by atoms with Gasteiger partial charge < -0.3 is 10.4 Å². The van der Waals surface area contributed by atoms with Crippen molar-refractivity contribution in [3.8, 4) is 5.75 Å². The van der Waals surface area contributed by atoms with Crippen LogP contribution >= 0.6 is 23.1 Å². The molecule has 0 atom stereocenters. The molecule has 0 saturated heterocycles. The number of nitrogens with one attached hydrogen (secondary N) is 1. The Morgan fingerprint density at radius 1 is 1.23 bits per heavy atom. The smallest absolute Gasteiger partial charge is 0.252 e. The van der Waals surface area contributed by atoms with E-state index >= 15 is 0 Å². The molecular formula is C17H17N5O2S2. The molecule has 0 aliphatic rings. The summed E-state index contributed by atoms with van der Waals surface area (Å²) in [6.07, 6.45) is 0.356. The van der Waals surface area contributed by atoms with E-state index in [-0.39, 0.29) is 11.7 Å². The predicted octanol–water partition coefficient (Wildman–Crippen LogP) is 5.27. The van der Waals surface area contributed by atoms with Crippen LogP contribution in [0.2, 0.25) is 0 Å². The van der Waals surface area contributed by atoms with Crippen molar-refractivity contribution in [2.24, 2.45) is 10.2 Å². The lowest BCUT2D eigenvalue weighted by molar-refractivity contribution is -0.115. The van der Waals surface area contributed by atoms with Gasteiger partial charge in [-0.05, 0) is 24.0 Å². The van der Waals surface area contributed by atoms with E-state index in [1.54, 1.807) is 49.0 Å². The molecule has 0 saturated carbocycles. The second-order valence-electron chi connectivity index (χ2n) is 5.22. The number of benzene rings is 2. The highest BCUT2D eigenvalue weighted by Gasteiger charge is 2.12. The Hall–Kier alpha value is -2.52. The summed E-state index contributed by atoms with van der Waals surface area (Å²) < 4.78 is 0.841. The lowest BCUT2D eigenvalue weighted by Gasteiger charge is -2.10. The maximum Gasteiger partial charge on any atom is 0.252 e. The van der Waals surface area contributed by atoms with Gasteiger partial charge >= 0.3 is 0 Å². The lowest BCUT2D eigenvalue weighted by atomic mass is 10.1. The van der Waals surface area contributed by atoms with Gasteiger partial charge in [0.2, 0.25) is 5.91 Å². The van der Waals surface area contributed by atoms with E-state index in [1.807, 2.05) is 6.92 Å². The molecule has 7 nitrogen and oxygen atoms in total. The Kier molecular flexibility index (Phi) is 5.79. The molecule has 1 aromatic heterocycles. The molecule has 0 unspecified atom stereocenters. The van der Waals surface area contributed by atoms with Gasteiger partial charge in [-0.3, -0.25) is 4.79 Å². The van der Waals surface area contributed by atoms with Gasteiger partial charge in [0.05, 0.1) is 11.4 Å². The third kappa shape index (κ3) is 4.00. The summed E-state index contributed by atoms with van der Waals surface area (Å²) in [6, 6.07) is 8.53. The first kappa shape index (κ1) is 18.3. The SMILES string of the molecule is CCSc1nnc(/N=N/c2ccc(O)c3cccc(NC(=O)CC)c23)s1. The lowest BCUT2D eigenvalue weighted by Crippen LogP contribution is -2.09. The zero-order valence-corrected chi connectivity index (χ0v) is 15.9. The molecule has 0 fully saturated rings.